The first-order chi connectivity index (χ1) is 9.95. The van der Waals surface area contributed by atoms with E-state index in [-0.39, 0.29) is 0 Å². The van der Waals surface area contributed by atoms with Gasteiger partial charge in [0.2, 0.25) is 0 Å². The number of rotatable bonds is 5. The molecule has 2 aromatic rings. The van der Waals surface area contributed by atoms with Crippen molar-refractivity contribution in [2.24, 2.45) is 0 Å². The fourth-order valence-corrected chi connectivity index (χ4v) is 2.88. The Balaban J connectivity index is 2.49. The largest absolute Gasteiger partial charge is 0.480 e. The van der Waals surface area contributed by atoms with Crippen LogP contribution in [0.4, 0.5) is 5.82 Å². The number of aliphatic carboxylic acids is 1. The lowest BCUT2D eigenvalue weighted by molar-refractivity contribution is -0.137. The number of anilines is 1. The number of nitrogens with one attached hydrogen (secondary N) is 1. The Morgan fingerprint density at radius 2 is 2.19 bits per heavy atom. The molecule has 2 aromatic heterocycles. The van der Waals surface area contributed by atoms with E-state index < -0.39 is 18.0 Å². The number of esters is 1. The number of nitrogens with zero attached hydrogens (tertiary/aromatic N) is 2. The van der Waals surface area contributed by atoms with E-state index in [2.05, 4.69) is 15.3 Å². The molecule has 0 aliphatic carbocycles. The van der Waals surface area contributed by atoms with Crippen LogP contribution in [0.1, 0.15) is 29.1 Å². The lowest BCUT2D eigenvalue weighted by Crippen LogP contribution is -2.26. The highest BCUT2D eigenvalue weighted by molar-refractivity contribution is 7.20. The SMILES string of the molecule is CCOC(=O)c1sc2ncnc(N[C@H](C)C(=O)O)c2c1C. The van der Waals surface area contributed by atoms with E-state index in [4.69, 9.17) is 9.84 Å². The van der Waals surface area contributed by atoms with Gasteiger partial charge in [0.25, 0.3) is 0 Å². The molecule has 0 saturated carbocycles. The number of carboxylic acids is 1. The molecule has 2 N–H and O–H groups in total. The van der Waals surface area contributed by atoms with Crippen molar-refractivity contribution >= 4 is 39.3 Å². The number of thiophene rings is 1. The van der Waals surface area contributed by atoms with Crippen molar-refractivity contribution in [3.05, 3.63) is 16.8 Å². The molecule has 0 aliphatic heterocycles. The summed E-state index contributed by atoms with van der Waals surface area (Å²) < 4.78 is 5.01. The van der Waals surface area contributed by atoms with Crippen molar-refractivity contribution in [2.75, 3.05) is 11.9 Å². The Hall–Kier alpha value is -2.22. The summed E-state index contributed by atoms with van der Waals surface area (Å²) in [6.45, 7) is 5.32. The van der Waals surface area contributed by atoms with E-state index in [1.54, 1.807) is 13.8 Å². The number of hydrogen-bond acceptors (Lipinski definition) is 7. The van der Waals surface area contributed by atoms with Crippen LogP contribution in [0.2, 0.25) is 0 Å². The molecule has 0 aliphatic rings. The average Bonchev–Trinajstić information content (AvgIpc) is 2.77. The van der Waals surface area contributed by atoms with E-state index in [1.165, 1.54) is 24.6 Å². The predicted octanol–water partition coefficient (Wildman–Crippen LogP) is 2.06. The first kappa shape index (κ1) is 15.2. The fraction of sp³-hybridized carbons (Fsp3) is 0.385. The minimum Gasteiger partial charge on any atom is -0.480 e. The summed E-state index contributed by atoms with van der Waals surface area (Å²) in [6.07, 6.45) is 1.34. The van der Waals surface area contributed by atoms with Crippen molar-refractivity contribution in [2.45, 2.75) is 26.8 Å². The number of hydrogen-bond donors (Lipinski definition) is 2. The average molecular weight is 309 g/mol. The molecular weight excluding hydrogens is 294 g/mol. The maximum absolute atomic E-state index is 11.9. The summed E-state index contributed by atoms with van der Waals surface area (Å²) in [5, 5.41) is 12.4. The summed E-state index contributed by atoms with van der Waals surface area (Å²) >= 11 is 1.21. The molecule has 7 nitrogen and oxygen atoms in total. The summed E-state index contributed by atoms with van der Waals surface area (Å²) in [7, 11) is 0. The van der Waals surface area contributed by atoms with Crippen molar-refractivity contribution in [3.63, 3.8) is 0 Å². The van der Waals surface area contributed by atoms with Crippen molar-refractivity contribution in [3.8, 4) is 0 Å². The smallest absolute Gasteiger partial charge is 0.348 e. The first-order valence-electron chi connectivity index (χ1n) is 6.36. The molecule has 8 heteroatoms. The van der Waals surface area contributed by atoms with E-state index in [1.807, 2.05) is 0 Å². The third kappa shape index (κ3) is 2.94. The topological polar surface area (TPSA) is 101 Å². The second-order valence-corrected chi connectivity index (χ2v) is 5.38. The molecule has 112 valence electrons. The van der Waals surface area contributed by atoms with E-state index in [9.17, 15) is 9.59 Å². The van der Waals surface area contributed by atoms with Crippen LogP contribution in [0.3, 0.4) is 0 Å². The Morgan fingerprint density at radius 3 is 2.81 bits per heavy atom. The molecule has 0 amide bonds. The molecule has 2 rings (SSSR count). The molecule has 0 fully saturated rings. The highest BCUT2D eigenvalue weighted by Crippen LogP contribution is 2.33. The maximum atomic E-state index is 11.9. The minimum atomic E-state index is -0.986. The van der Waals surface area contributed by atoms with E-state index in [0.717, 1.165) is 0 Å². The maximum Gasteiger partial charge on any atom is 0.348 e. The van der Waals surface area contributed by atoms with Crippen LogP contribution in [-0.2, 0) is 9.53 Å². The summed E-state index contributed by atoms with van der Waals surface area (Å²) in [5.41, 5.74) is 0.689. The standard InChI is InChI=1S/C13H15N3O4S/c1-4-20-13(19)9-6(2)8-10(16-7(3)12(17)18)14-5-15-11(8)21-9/h5,7H,4H2,1-3H3,(H,17,18)(H,14,15,16)/t7-/m1/s1. The van der Waals surface area contributed by atoms with Gasteiger partial charge in [0.15, 0.2) is 0 Å². The number of carboxylic acid groups (broad SMARTS) is 1. The van der Waals surface area contributed by atoms with Gasteiger partial charge in [-0.2, -0.15) is 0 Å². The zero-order chi connectivity index (χ0) is 15.6. The highest BCUT2D eigenvalue weighted by atomic mass is 32.1. The fourth-order valence-electron chi connectivity index (χ4n) is 1.84. The third-order valence-electron chi connectivity index (χ3n) is 2.91. The van der Waals surface area contributed by atoms with Gasteiger partial charge in [-0.3, -0.25) is 4.79 Å². The summed E-state index contributed by atoms with van der Waals surface area (Å²) in [4.78, 5) is 32.1. The van der Waals surface area contributed by atoms with Crippen LogP contribution in [0, 0.1) is 6.92 Å². The Kier molecular flexibility index (Phi) is 4.37. The molecule has 0 radical (unpaired) electrons. The lowest BCUT2D eigenvalue weighted by atomic mass is 10.2. The van der Waals surface area contributed by atoms with Gasteiger partial charge in [-0.25, -0.2) is 14.8 Å². The van der Waals surface area contributed by atoms with Crippen LogP contribution < -0.4 is 5.32 Å². The molecule has 0 bridgehead atoms. The van der Waals surface area contributed by atoms with Crippen LogP contribution in [0.15, 0.2) is 6.33 Å². The number of fused-ring (bicyclic) bond motifs is 1. The van der Waals surface area contributed by atoms with E-state index in [0.29, 0.717) is 33.1 Å². The summed E-state index contributed by atoms with van der Waals surface area (Å²) in [5.74, 6) is -0.991. The van der Waals surface area contributed by atoms with E-state index >= 15 is 0 Å². The number of carbonyl (C=O) groups excluding carboxylic acids is 1. The number of ether oxygens (including phenoxy) is 1. The van der Waals surface area contributed by atoms with Crippen molar-refractivity contribution in [1.82, 2.24) is 9.97 Å². The van der Waals surface area contributed by atoms with Gasteiger partial charge in [-0.05, 0) is 26.3 Å². The molecule has 21 heavy (non-hydrogen) atoms. The third-order valence-corrected chi connectivity index (χ3v) is 4.09. The minimum absolute atomic E-state index is 0.291. The second-order valence-electron chi connectivity index (χ2n) is 4.38. The molecule has 2 heterocycles. The molecule has 0 spiro atoms. The molecular formula is C13H15N3O4S. The van der Waals surface area contributed by atoms with Gasteiger partial charge in [0.05, 0.1) is 12.0 Å². The van der Waals surface area contributed by atoms with Gasteiger partial charge in [-0.1, -0.05) is 0 Å². The van der Waals surface area contributed by atoms with Gasteiger partial charge in [-0.15, -0.1) is 11.3 Å². The van der Waals surface area contributed by atoms with Gasteiger partial charge < -0.3 is 15.2 Å². The van der Waals surface area contributed by atoms with Gasteiger partial charge >= 0.3 is 11.9 Å². The normalized spacial score (nSPS) is 12.1. The first-order valence-corrected chi connectivity index (χ1v) is 7.17. The lowest BCUT2D eigenvalue weighted by Gasteiger charge is -2.10. The van der Waals surface area contributed by atoms with Crippen LogP contribution >= 0.6 is 11.3 Å². The van der Waals surface area contributed by atoms with Crippen LogP contribution in [0.5, 0.6) is 0 Å². The quantitative estimate of drug-likeness (QED) is 0.815. The number of carbonyl (C=O) groups is 2. The highest BCUT2D eigenvalue weighted by Gasteiger charge is 2.21. The summed E-state index contributed by atoms with van der Waals surface area (Å²) in [6, 6.07) is -0.798. The molecule has 0 saturated heterocycles. The Labute approximate surface area is 125 Å². The Morgan fingerprint density at radius 1 is 1.48 bits per heavy atom. The molecule has 0 unspecified atom stereocenters. The van der Waals surface area contributed by atoms with Crippen LogP contribution in [-0.4, -0.2) is 39.7 Å². The van der Waals surface area contributed by atoms with Crippen molar-refractivity contribution < 1.29 is 19.4 Å². The molecule has 0 aromatic carbocycles. The molecule has 1 atom stereocenters. The Bertz CT molecular complexity index is 698. The zero-order valence-corrected chi connectivity index (χ0v) is 12.7. The number of aryl methyl sites for hydroxylation is 1. The second kappa shape index (κ2) is 6.04. The van der Waals surface area contributed by atoms with Crippen LogP contribution in [0.25, 0.3) is 10.2 Å². The van der Waals surface area contributed by atoms with Crippen molar-refractivity contribution in [1.29, 1.82) is 0 Å². The zero-order valence-electron chi connectivity index (χ0n) is 11.8. The number of aromatic nitrogens is 2. The predicted molar refractivity (Wildman–Crippen MR) is 78.8 cm³/mol. The van der Waals surface area contributed by atoms with Gasteiger partial charge in [0.1, 0.15) is 27.9 Å². The monoisotopic (exact) mass is 309 g/mol. The van der Waals surface area contributed by atoms with Gasteiger partial charge in [0, 0.05) is 0 Å².